The van der Waals surface area contributed by atoms with Crippen LogP contribution in [0.4, 0.5) is 5.69 Å². The molecule has 0 saturated heterocycles. The summed E-state index contributed by atoms with van der Waals surface area (Å²) in [4.78, 5) is 22.5. The Labute approximate surface area is 113 Å². The Morgan fingerprint density at radius 3 is 2.28 bits per heavy atom. The number of nitrogens with one attached hydrogen (secondary N) is 2. The maximum atomic E-state index is 11.7. The van der Waals surface area contributed by atoms with Gasteiger partial charge in [-0.2, -0.15) is 0 Å². The summed E-state index contributed by atoms with van der Waals surface area (Å²) in [6.07, 6.45) is 0. The summed E-state index contributed by atoms with van der Waals surface area (Å²) >= 11 is 0. The van der Waals surface area contributed by atoms with E-state index >= 15 is 0 Å². The highest BCUT2D eigenvalue weighted by Gasteiger charge is 2.08. The van der Waals surface area contributed by atoms with Crippen molar-refractivity contribution >= 4 is 29.9 Å². The van der Waals surface area contributed by atoms with Gasteiger partial charge in [0, 0.05) is 30.8 Å². The van der Waals surface area contributed by atoms with E-state index in [1.165, 1.54) is 6.92 Å². The molecule has 0 radical (unpaired) electrons. The molecule has 0 aliphatic heterocycles. The topological polar surface area (TPSA) is 84.2 Å². The zero-order chi connectivity index (χ0) is 12.8. The van der Waals surface area contributed by atoms with Gasteiger partial charge in [-0.25, -0.2) is 0 Å². The van der Waals surface area contributed by atoms with Gasteiger partial charge in [0.1, 0.15) is 0 Å². The second kappa shape index (κ2) is 7.68. The number of benzene rings is 1. The summed E-state index contributed by atoms with van der Waals surface area (Å²) in [7, 11) is 0. The molecule has 0 heterocycles. The van der Waals surface area contributed by atoms with Gasteiger partial charge in [-0.15, -0.1) is 12.4 Å². The Balaban J connectivity index is 0.00000289. The Morgan fingerprint density at radius 1 is 1.28 bits per heavy atom. The van der Waals surface area contributed by atoms with E-state index in [1.54, 1.807) is 24.3 Å². The third-order valence-electron chi connectivity index (χ3n) is 2.20. The first-order valence-electron chi connectivity index (χ1n) is 5.41. The molecule has 0 fully saturated rings. The lowest BCUT2D eigenvalue weighted by molar-refractivity contribution is -0.114. The normalized spacial score (nSPS) is 11.1. The van der Waals surface area contributed by atoms with Gasteiger partial charge < -0.3 is 16.4 Å². The summed E-state index contributed by atoms with van der Waals surface area (Å²) in [5.74, 6) is -0.309. The lowest BCUT2D eigenvalue weighted by Crippen LogP contribution is -2.37. The predicted molar refractivity (Wildman–Crippen MR) is 74.0 cm³/mol. The standard InChI is InChI=1S/C12H17N3O2.ClH/c1-8(7-13)14-12(17)10-3-5-11(6-4-10)15-9(2)16;/h3-6,8H,7,13H2,1-2H3,(H,14,17)(H,15,16);1H/t8-;/m0./s1. The highest BCUT2D eigenvalue weighted by atomic mass is 35.5. The first-order valence-corrected chi connectivity index (χ1v) is 5.41. The van der Waals surface area contributed by atoms with Gasteiger partial charge in [-0.1, -0.05) is 0 Å². The van der Waals surface area contributed by atoms with Crippen molar-refractivity contribution in [3.63, 3.8) is 0 Å². The zero-order valence-corrected chi connectivity index (χ0v) is 11.2. The maximum absolute atomic E-state index is 11.7. The number of carbonyl (C=O) groups is 2. The van der Waals surface area contributed by atoms with E-state index in [0.29, 0.717) is 17.8 Å². The molecule has 1 rings (SSSR count). The Morgan fingerprint density at radius 2 is 1.83 bits per heavy atom. The van der Waals surface area contributed by atoms with Crippen LogP contribution in [0.5, 0.6) is 0 Å². The van der Waals surface area contributed by atoms with Gasteiger partial charge in [0.2, 0.25) is 5.91 Å². The third-order valence-corrected chi connectivity index (χ3v) is 2.20. The van der Waals surface area contributed by atoms with E-state index in [9.17, 15) is 9.59 Å². The SMILES string of the molecule is CC(=O)Nc1ccc(C(=O)N[C@@H](C)CN)cc1.Cl. The molecule has 100 valence electrons. The summed E-state index contributed by atoms with van der Waals surface area (Å²) in [6, 6.07) is 6.62. The number of halogens is 1. The van der Waals surface area contributed by atoms with Crippen molar-refractivity contribution in [2.45, 2.75) is 19.9 Å². The van der Waals surface area contributed by atoms with E-state index in [0.717, 1.165) is 0 Å². The van der Waals surface area contributed by atoms with Crippen molar-refractivity contribution in [1.29, 1.82) is 0 Å². The van der Waals surface area contributed by atoms with Crippen LogP contribution in [0, 0.1) is 0 Å². The molecule has 0 saturated carbocycles. The second-order valence-corrected chi connectivity index (χ2v) is 3.87. The Hall–Kier alpha value is -1.59. The van der Waals surface area contributed by atoms with Gasteiger partial charge in [0.25, 0.3) is 5.91 Å². The molecular weight excluding hydrogens is 254 g/mol. The van der Waals surface area contributed by atoms with Gasteiger partial charge in [-0.05, 0) is 31.2 Å². The van der Waals surface area contributed by atoms with Crippen molar-refractivity contribution in [2.24, 2.45) is 5.73 Å². The lowest BCUT2D eigenvalue weighted by Gasteiger charge is -2.11. The number of hydrogen-bond donors (Lipinski definition) is 3. The molecule has 5 nitrogen and oxygen atoms in total. The fourth-order valence-electron chi connectivity index (χ4n) is 1.27. The minimum atomic E-state index is -0.169. The molecule has 0 spiro atoms. The van der Waals surface area contributed by atoms with Crippen molar-refractivity contribution in [3.8, 4) is 0 Å². The molecule has 2 amide bonds. The highest BCUT2D eigenvalue weighted by Crippen LogP contribution is 2.09. The quantitative estimate of drug-likeness (QED) is 0.768. The molecule has 0 unspecified atom stereocenters. The molecule has 0 bridgehead atoms. The van der Waals surface area contributed by atoms with Gasteiger partial charge >= 0.3 is 0 Å². The van der Waals surface area contributed by atoms with Crippen LogP contribution in [0.15, 0.2) is 24.3 Å². The summed E-state index contributed by atoms with van der Waals surface area (Å²) in [6.45, 7) is 3.67. The van der Waals surface area contributed by atoms with Crippen molar-refractivity contribution in [2.75, 3.05) is 11.9 Å². The molecule has 1 atom stereocenters. The van der Waals surface area contributed by atoms with Gasteiger partial charge in [0.15, 0.2) is 0 Å². The summed E-state index contributed by atoms with van der Waals surface area (Å²) in [5, 5.41) is 5.39. The molecule has 6 heteroatoms. The number of nitrogens with two attached hydrogens (primary N) is 1. The van der Waals surface area contributed by atoms with E-state index in [4.69, 9.17) is 5.73 Å². The number of hydrogen-bond acceptors (Lipinski definition) is 3. The van der Waals surface area contributed by atoms with E-state index < -0.39 is 0 Å². The van der Waals surface area contributed by atoms with Crippen LogP contribution in [0.2, 0.25) is 0 Å². The molecule has 1 aromatic carbocycles. The van der Waals surface area contributed by atoms with Gasteiger partial charge in [-0.3, -0.25) is 9.59 Å². The molecule has 0 aliphatic carbocycles. The third kappa shape index (κ3) is 5.16. The minimum Gasteiger partial charge on any atom is -0.348 e. The molecule has 1 aromatic rings. The molecule has 18 heavy (non-hydrogen) atoms. The number of carbonyl (C=O) groups excluding carboxylic acids is 2. The predicted octanol–water partition coefficient (Wildman–Crippen LogP) is 1.14. The maximum Gasteiger partial charge on any atom is 0.251 e. The van der Waals surface area contributed by atoms with E-state index in [2.05, 4.69) is 10.6 Å². The van der Waals surface area contributed by atoms with Crippen LogP contribution in [0.25, 0.3) is 0 Å². The van der Waals surface area contributed by atoms with E-state index in [1.807, 2.05) is 6.92 Å². The van der Waals surface area contributed by atoms with Crippen LogP contribution < -0.4 is 16.4 Å². The van der Waals surface area contributed by atoms with Crippen molar-refractivity contribution < 1.29 is 9.59 Å². The zero-order valence-electron chi connectivity index (χ0n) is 10.4. The average Bonchev–Trinajstić information content (AvgIpc) is 2.28. The summed E-state index contributed by atoms with van der Waals surface area (Å²) in [5.41, 5.74) is 6.62. The number of rotatable bonds is 4. The number of amides is 2. The average molecular weight is 272 g/mol. The molecule has 0 aromatic heterocycles. The first kappa shape index (κ1) is 16.4. The fraction of sp³-hybridized carbons (Fsp3) is 0.333. The van der Waals surface area contributed by atoms with Gasteiger partial charge in [0.05, 0.1) is 0 Å². The largest absolute Gasteiger partial charge is 0.348 e. The Bertz CT molecular complexity index is 406. The fourth-order valence-corrected chi connectivity index (χ4v) is 1.27. The molecule has 4 N–H and O–H groups in total. The monoisotopic (exact) mass is 271 g/mol. The molecular formula is C12H18ClN3O2. The van der Waals surface area contributed by atoms with Crippen LogP contribution in [0.1, 0.15) is 24.2 Å². The first-order chi connectivity index (χ1) is 8.02. The van der Waals surface area contributed by atoms with Crippen molar-refractivity contribution in [1.82, 2.24) is 5.32 Å². The minimum absolute atomic E-state index is 0. The smallest absolute Gasteiger partial charge is 0.251 e. The molecule has 0 aliphatic rings. The van der Waals surface area contributed by atoms with Crippen LogP contribution in [-0.4, -0.2) is 24.4 Å². The Kier molecular flexibility index (Phi) is 7.00. The second-order valence-electron chi connectivity index (χ2n) is 3.87. The highest BCUT2D eigenvalue weighted by molar-refractivity contribution is 5.95. The lowest BCUT2D eigenvalue weighted by atomic mass is 10.2. The summed E-state index contributed by atoms with van der Waals surface area (Å²) < 4.78 is 0. The van der Waals surface area contributed by atoms with Crippen LogP contribution in [0.3, 0.4) is 0 Å². The van der Waals surface area contributed by atoms with Crippen molar-refractivity contribution in [3.05, 3.63) is 29.8 Å². The van der Waals surface area contributed by atoms with E-state index in [-0.39, 0.29) is 30.3 Å². The number of anilines is 1. The van der Waals surface area contributed by atoms with Crippen LogP contribution >= 0.6 is 12.4 Å². The van der Waals surface area contributed by atoms with Crippen LogP contribution in [-0.2, 0) is 4.79 Å².